The molecule has 0 bridgehead atoms. The van der Waals surface area contributed by atoms with Crippen LogP contribution in [0.2, 0.25) is 0 Å². The second kappa shape index (κ2) is 6.14. The van der Waals surface area contributed by atoms with Gasteiger partial charge in [-0.1, -0.05) is 6.07 Å². The van der Waals surface area contributed by atoms with E-state index in [0.29, 0.717) is 0 Å². The molecule has 0 fully saturated rings. The molecule has 0 atom stereocenters. The van der Waals surface area contributed by atoms with Gasteiger partial charge in [-0.25, -0.2) is 0 Å². The summed E-state index contributed by atoms with van der Waals surface area (Å²) in [6.45, 7) is 2.86. The molecule has 0 heterocycles. The van der Waals surface area contributed by atoms with Crippen molar-refractivity contribution in [1.29, 1.82) is 0 Å². The summed E-state index contributed by atoms with van der Waals surface area (Å²) in [5.74, 6) is -0.170. The van der Waals surface area contributed by atoms with Crippen LogP contribution < -0.4 is 10.1 Å². The van der Waals surface area contributed by atoms with E-state index in [1.165, 1.54) is 24.3 Å². The van der Waals surface area contributed by atoms with Crippen LogP contribution in [0.4, 0.5) is 5.69 Å². The maximum Gasteiger partial charge on any atom is 0.273 e. The largest absolute Gasteiger partial charge is 0.484 e. The van der Waals surface area contributed by atoms with Gasteiger partial charge in [0.25, 0.3) is 11.6 Å². The third kappa shape index (κ3) is 4.92. The number of nitro benzene ring substituents is 1. The number of carbonyl (C=O) groups excluding carboxylic acids is 1. The zero-order valence-corrected chi connectivity index (χ0v) is 10.8. The van der Waals surface area contributed by atoms with Crippen LogP contribution in [0.5, 0.6) is 5.75 Å². The van der Waals surface area contributed by atoms with Crippen LogP contribution >= 0.6 is 0 Å². The van der Waals surface area contributed by atoms with E-state index in [4.69, 9.17) is 9.84 Å². The minimum atomic E-state index is -0.733. The van der Waals surface area contributed by atoms with Gasteiger partial charge in [0.1, 0.15) is 5.75 Å². The number of nitro groups is 1. The first kappa shape index (κ1) is 14.9. The van der Waals surface area contributed by atoms with E-state index in [-0.39, 0.29) is 24.7 Å². The molecule has 0 aliphatic heterocycles. The third-order valence-corrected chi connectivity index (χ3v) is 2.27. The predicted octanol–water partition coefficient (Wildman–Crippen LogP) is 0.861. The SMILES string of the molecule is CC(C)(CO)NC(=O)COc1cccc([N+](=O)[O-])c1. The molecule has 0 aromatic heterocycles. The fourth-order valence-corrected chi connectivity index (χ4v) is 1.29. The van der Waals surface area contributed by atoms with E-state index in [2.05, 4.69) is 5.32 Å². The highest BCUT2D eigenvalue weighted by Crippen LogP contribution is 2.18. The molecule has 1 amide bonds. The van der Waals surface area contributed by atoms with Crippen molar-refractivity contribution < 1.29 is 19.6 Å². The molecule has 0 aliphatic rings. The van der Waals surface area contributed by atoms with Crippen molar-refractivity contribution in [1.82, 2.24) is 5.32 Å². The molecule has 0 aliphatic carbocycles. The van der Waals surface area contributed by atoms with Crippen LogP contribution in [0.3, 0.4) is 0 Å². The van der Waals surface area contributed by atoms with Gasteiger partial charge in [0.2, 0.25) is 0 Å². The van der Waals surface area contributed by atoms with Crippen molar-refractivity contribution >= 4 is 11.6 Å². The van der Waals surface area contributed by atoms with E-state index in [1.54, 1.807) is 13.8 Å². The Morgan fingerprint density at radius 3 is 2.79 bits per heavy atom. The van der Waals surface area contributed by atoms with Gasteiger partial charge >= 0.3 is 0 Å². The average molecular weight is 268 g/mol. The maximum absolute atomic E-state index is 11.5. The van der Waals surface area contributed by atoms with E-state index in [1.807, 2.05) is 0 Å². The lowest BCUT2D eigenvalue weighted by atomic mass is 10.1. The first-order valence-electron chi connectivity index (χ1n) is 5.63. The number of ether oxygens (including phenoxy) is 1. The summed E-state index contributed by atoms with van der Waals surface area (Å²) >= 11 is 0. The Morgan fingerprint density at radius 2 is 2.21 bits per heavy atom. The van der Waals surface area contributed by atoms with E-state index < -0.39 is 16.4 Å². The summed E-state index contributed by atoms with van der Waals surface area (Å²) in [6, 6.07) is 5.58. The highest BCUT2D eigenvalue weighted by atomic mass is 16.6. The van der Waals surface area contributed by atoms with E-state index in [0.717, 1.165) is 0 Å². The monoisotopic (exact) mass is 268 g/mol. The number of amides is 1. The molecule has 19 heavy (non-hydrogen) atoms. The molecular formula is C12H16N2O5. The quantitative estimate of drug-likeness (QED) is 0.588. The van der Waals surface area contributed by atoms with Gasteiger partial charge in [0, 0.05) is 6.07 Å². The summed E-state index contributed by atoms with van der Waals surface area (Å²) in [7, 11) is 0. The Hall–Kier alpha value is -2.15. The minimum Gasteiger partial charge on any atom is -0.484 e. The summed E-state index contributed by atoms with van der Waals surface area (Å²) in [4.78, 5) is 21.5. The number of aliphatic hydroxyl groups is 1. The van der Waals surface area contributed by atoms with Crippen LogP contribution in [-0.4, -0.2) is 34.7 Å². The molecule has 104 valence electrons. The fraction of sp³-hybridized carbons (Fsp3) is 0.417. The molecule has 1 rings (SSSR count). The molecule has 0 saturated carbocycles. The molecule has 0 saturated heterocycles. The molecular weight excluding hydrogens is 252 g/mol. The Labute approximate surface area is 110 Å². The van der Waals surface area contributed by atoms with Gasteiger partial charge in [-0.05, 0) is 19.9 Å². The summed E-state index contributed by atoms with van der Waals surface area (Å²) in [5.41, 5.74) is -0.836. The molecule has 0 unspecified atom stereocenters. The van der Waals surface area contributed by atoms with Gasteiger partial charge < -0.3 is 15.2 Å². The summed E-state index contributed by atoms with van der Waals surface area (Å²) in [6.07, 6.45) is 0. The van der Waals surface area contributed by atoms with Gasteiger partial charge in [-0.2, -0.15) is 0 Å². The number of hydrogen-bond donors (Lipinski definition) is 2. The van der Waals surface area contributed by atoms with Crippen molar-refractivity contribution in [2.45, 2.75) is 19.4 Å². The molecule has 0 radical (unpaired) electrons. The summed E-state index contributed by atoms with van der Waals surface area (Å²) < 4.78 is 5.15. The lowest BCUT2D eigenvalue weighted by Crippen LogP contribution is -2.48. The average Bonchev–Trinajstić information content (AvgIpc) is 2.36. The van der Waals surface area contributed by atoms with Crippen molar-refractivity contribution in [2.24, 2.45) is 0 Å². The molecule has 7 nitrogen and oxygen atoms in total. The predicted molar refractivity (Wildman–Crippen MR) is 67.9 cm³/mol. The highest BCUT2D eigenvalue weighted by Gasteiger charge is 2.19. The lowest BCUT2D eigenvalue weighted by Gasteiger charge is -2.23. The van der Waals surface area contributed by atoms with Crippen LogP contribution in [0.15, 0.2) is 24.3 Å². The molecule has 2 N–H and O–H groups in total. The first-order valence-corrected chi connectivity index (χ1v) is 5.63. The van der Waals surface area contributed by atoms with Crippen molar-refractivity contribution in [2.75, 3.05) is 13.2 Å². The van der Waals surface area contributed by atoms with Crippen LogP contribution in [0.1, 0.15) is 13.8 Å². The number of carbonyl (C=O) groups is 1. The van der Waals surface area contributed by atoms with Crippen LogP contribution in [0.25, 0.3) is 0 Å². The van der Waals surface area contributed by atoms with Gasteiger partial charge in [0.05, 0.1) is 23.1 Å². The fourth-order valence-electron chi connectivity index (χ4n) is 1.29. The lowest BCUT2D eigenvalue weighted by molar-refractivity contribution is -0.384. The summed E-state index contributed by atoms with van der Waals surface area (Å²) in [5, 5.41) is 22.1. The Morgan fingerprint density at radius 1 is 1.53 bits per heavy atom. The Kier molecular flexibility index (Phi) is 4.82. The van der Waals surface area contributed by atoms with Crippen molar-refractivity contribution in [3.63, 3.8) is 0 Å². The smallest absolute Gasteiger partial charge is 0.273 e. The van der Waals surface area contributed by atoms with Crippen molar-refractivity contribution in [3.8, 4) is 5.75 Å². The number of aliphatic hydroxyl groups excluding tert-OH is 1. The number of benzene rings is 1. The van der Waals surface area contributed by atoms with Gasteiger partial charge in [-0.3, -0.25) is 14.9 Å². The van der Waals surface area contributed by atoms with E-state index in [9.17, 15) is 14.9 Å². The number of non-ortho nitro benzene ring substituents is 1. The normalized spacial score (nSPS) is 10.9. The highest BCUT2D eigenvalue weighted by molar-refractivity contribution is 5.78. The van der Waals surface area contributed by atoms with Crippen LogP contribution in [0, 0.1) is 10.1 Å². The second-order valence-corrected chi connectivity index (χ2v) is 4.63. The standard InChI is InChI=1S/C12H16N2O5/c1-12(2,8-15)13-11(16)7-19-10-5-3-4-9(6-10)14(17)18/h3-6,15H,7-8H2,1-2H3,(H,13,16). The minimum absolute atomic E-state index is 0.103. The second-order valence-electron chi connectivity index (χ2n) is 4.63. The maximum atomic E-state index is 11.5. The zero-order chi connectivity index (χ0) is 14.5. The van der Waals surface area contributed by atoms with Gasteiger partial charge in [0.15, 0.2) is 6.61 Å². The number of rotatable bonds is 6. The molecule has 0 spiro atoms. The van der Waals surface area contributed by atoms with Crippen molar-refractivity contribution in [3.05, 3.63) is 34.4 Å². The third-order valence-electron chi connectivity index (χ3n) is 2.27. The number of nitrogens with zero attached hydrogens (tertiary/aromatic N) is 1. The molecule has 7 heteroatoms. The topological polar surface area (TPSA) is 102 Å². The van der Waals surface area contributed by atoms with Crippen LogP contribution in [-0.2, 0) is 4.79 Å². The zero-order valence-electron chi connectivity index (χ0n) is 10.8. The first-order chi connectivity index (χ1) is 8.84. The van der Waals surface area contributed by atoms with E-state index >= 15 is 0 Å². The molecule has 1 aromatic rings. The molecule has 1 aromatic carbocycles. The Bertz CT molecular complexity index is 473. The Balaban J connectivity index is 2.55. The number of nitrogens with one attached hydrogen (secondary N) is 1. The van der Waals surface area contributed by atoms with Gasteiger partial charge in [-0.15, -0.1) is 0 Å². The number of hydrogen-bond acceptors (Lipinski definition) is 5.